The van der Waals surface area contributed by atoms with Crippen molar-refractivity contribution in [2.45, 2.75) is 39.0 Å². The number of alkyl halides is 1. The first-order valence-corrected chi connectivity index (χ1v) is 5.58. The van der Waals surface area contributed by atoms with E-state index >= 15 is 0 Å². The molecule has 0 aromatic rings. The monoisotopic (exact) mass is 219 g/mol. The third-order valence-electron chi connectivity index (χ3n) is 2.61. The molecule has 15 heavy (non-hydrogen) atoms. The van der Waals surface area contributed by atoms with Crippen LogP contribution in [0.15, 0.2) is 0 Å². The number of carbonyl (C=O) groups is 1. The summed E-state index contributed by atoms with van der Waals surface area (Å²) in [5.41, 5.74) is 5.50. The number of carboxylic acid groups (broad SMARTS) is 1. The fraction of sp³-hybridized carbons (Fsp3) is 0.909. The van der Waals surface area contributed by atoms with E-state index in [2.05, 4.69) is 6.92 Å². The van der Waals surface area contributed by atoms with Crippen LogP contribution >= 0.6 is 0 Å². The van der Waals surface area contributed by atoms with Gasteiger partial charge in [-0.3, -0.25) is 9.18 Å². The molecule has 0 fully saturated rings. The van der Waals surface area contributed by atoms with Gasteiger partial charge in [0.25, 0.3) is 0 Å². The minimum Gasteiger partial charge on any atom is -0.481 e. The Bertz CT molecular complexity index is 176. The molecule has 0 aromatic heterocycles. The summed E-state index contributed by atoms with van der Waals surface area (Å²) in [4.78, 5) is 10.5. The van der Waals surface area contributed by atoms with Crippen LogP contribution in [-0.2, 0) is 4.79 Å². The maximum absolute atomic E-state index is 11.8. The molecule has 1 unspecified atom stereocenters. The smallest absolute Gasteiger partial charge is 0.303 e. The molecule has 0 saturated heterocycles. The van der Waals surface area contributed by atoms with E-state index in [0.29, 0.717) is 18.9 Å². The third kappa shape index (κ3) is 8.36. The number of aliphatic carboxylic acids is 1. The molecular formula is C11H22FNO2. The van der Waals surface area contributed by atoms with Crippen molar-refractivity contribution in [2.75, 3.05) is 13.2 Å². The molecule has 0 aliphatic rings. The summed E-state index contributed by atoms with van der Waals surface area (Å²) >= 11 is 0. The number of unbranched alkanes of at least 4 members (excludes halogenated alkanes) is 1. The molecule has 0 amide bonds. The second kappa shape index (κ2) is 8.65. The van der Waals surface area contributed by atoms with Gasteiger partial charge < -0.3 is 10.8 Å². The predicted octanol–water partition coefficient (Wildman–Crippen LogP) is 2.20. The number of hydrogen-bond donors (Lipinski definition) is 2. The van der Waals surface area contributed by atoms with Crippen molar-refractivity contribution in [3.63, 3.8) is 0 Å². The molecule has 0 rings (SSSR count). The Morgan fingerprint density at radius 3 is 2.60 bits per heavy atom. The average molecular weight is 219 g/mol. The highest BCUT2D eigenvalue weighted by Gasteiger charge is 2.14. The summed E-state index contributed by atoms with van der Waals surface area (Å²) < 4.78 is 11.8. The van der Waals surface area contributed by atoms with Crippen LogP contribution in [0.4, 0.5) is 4.39 Å². The summed E-state index contributed by atoms with van der Waals surface area (Å²) in [5.74, 6) is -0.297. The Kier molecular flexibility index (Phi) is 8.28. The van der Waals surface area contributed by atoms with Crippen LogP contribution in [0.5, 0.6) is 0 Å². The Balaban J connectivity index is 3.69. The molecule has 0 saturated carbocycles. The molecule has 0 radical (unpaired) electrons. The van der Waals surface area contributed by atoms with Gasteiger partial charge in [-0.1, -0.05) is 19.8 Å². The Labute approximate surface area is 90.8 Å². The van der Waals surface area contributed by atoms with E-state index in [1.165, 1.54) is 0 Å². The standard InChI is InChI=1S/C11H22FNO2/c1-9(4-2-3-5-12)6-10(8-13)7-11(14)15/h9-10H,2-8,13H2,1H3,(H,14,15)/t9?,10-/m0/s1. The van der Waals surface area contributed by atoms with Crippen LogP contribution in [0.1, 0.15) is 39.0 Å². The van der Waals surface area contributed by atoms with Crippen molar-refractivity contribution in [1.29, 1.82) is 0 Å². The zero-order valence-corrected chi connectivity index (χ0v) is 9.42. The van der Waals surface area contributed by atoms with E-state index in [4.69, 9.17) is 10.8 Å². The van der Waals surface area contributed by atoms with E-state index in [-0.39, 0.29) is 19.0 Å². The van der Waals surface area contributed by atoms with Crippen LogP contribution in [-0.4, -0.2) is 24.3 Å². The molecule has 0 aliphatic heterocycles. The molecular weight excluding hydrogens is 197 g/mol. The molecule has 0 spiro atoms. The maximum Gasteiger partial charge on any atom is 0.303 e. The second-order valence-corrected chi connectivity index (χ2v) is 4.23. The van der Waals surface area contributed by atoms with Crippen molar-refractivity contribution in [3.8, 4) is 0 Å². The van der Waals surface area contributed by atoms with Crippen LogP contribution in [0.2, 0.25) is 0 Å². The summed E-state index contributed by atoms with van der Waals surface area (Å²) in [6.07, 6.45) is 3.41. The van der Waals surface area contributed by atoms with E-state index < -0.39 is 5.97 Å². The highest BCUT2D eigenvalue weighted by molar-refractivity contribution is 5.67. The first-order chi connectivity index (χ1) is 7.10. The van der Waals surface area contributed by atoms with Crippen molar-refractivity contribution in [1.82, 2.24) is 0 Å². The van der Waals surface area contributed by atoms with Crippen LogP contribution < -0.4 is 5.73 Å². The predicted molar refractivity (Wildman–Crippen MR) is 58.4 cm³/mol. The fourth-order valence-corrected chi connectivity index (χ4v) is 1.78. The molecule has 0 bridgehead atoms. The van der Waals surface area contributed by atoms with Gasteiger partial charge in [-0.2, -0.15) is 0 Å². The lowest BCUT2D eigenvalue weighted by molar-refractivity contribution is -0.138. The summed E-state index contributed by atoms with van der Waals surface area (Å²) in [6.45, 7) is 2.23. The minimum atomic E-state index is -0.790. The first-order valence-electron chi connectivity index (χ1n) is 5.58. The van der Waals surface area contributed by atoms with Gasteiger partial charge in [-0.05, 0) is 31.2 Å². The number of carboxylic acids is 1. The molecule has 90 valence electrons. The lowest BCUT2D eigenvalue weighted by Crippen LogP contribution is -2.20. The number of hydrogen-bond acceptors (Lipinski definition) is 2. The molecule has 2 atom stereocenters. The molecule has 3 nitrogen and oxygen atoms in total. The van der Waals surface area contributed by atoms with Gasteiger partial charge in [-0.15, -0.1) is 0 Å². The molecule has 3 N–H and O–H groups in total. The van der Waals surface area contributed by atoms with Crippen molar-refractivity contribution >= 4 is 5.97 Å². The molecule has 0 heterocycles. The van der Waals surface area contributed by atoms with Crippen molar-refractivity contribution in [3.05, 3.63) is 0 Å². The Morgan fingerprint density at radius 2 is 2.13 bits per heavy atom. The maximum atomic E-state index is 11.8. The zero-order chi connectivity index (χ0) is 11.7. The second-order valence-electron chi connectivity index (χ2n) is 4.23. The van der Waals surface area contributed by atoms with Crippen molar-refractivity contribution < 1.29 is 14.3 Å². The normalized spacial score (nSPS) is 14.9. The average Bonchev–Trinajstić information content (AvgIpc) is 2.16. The summed E-state index contributed by atoms with van der Waals surface area (Å²) in [6, 6.07) is 0. The fourth-order valence-electron chi connectivity index (χ4n) is 1.78. The lowest BCUT2D eigenvalue weighted by atomic mass is 9.90. The summed E-state index contributed by atoms with van der Waals surface area (Å²) in [7, 11) is 0. The number of nitrogens with two attached hydrogens (primary N) is 1. The van der Waals surface area contributed by atoms with E-state index in [1.54, 1.807) is 0 Å². The van der Waals surface area contributed by atoms with E-state index in [9.17, 15) is 9.18 Å². The van der Waals surface area contributed by atoms with Gasteiger partial charge >= 0.3 is 5.97 Å². The SMILES string of the molecule is CC(CCCCF)C[C@H](CN)CC(=O)O. The minimum absolute atomic E-state index is 0.0582. The zero-order valence-electron chi connectivity index (χ0n) is 9.42. The van der Waals surface area contributed by atoms with Crippen LogP contribution in [0.3, 0.4) is 0 Å². The van der Waals surface area contributed by atoms with Gasteiger partial charge in [-0.25, -0.2) is 0 Å². The quantitative estimate of drug-likeness (QED) is 0.584. The van der Waals surface area contributed by atoms with Gasteiger partial charge in [0.1, 0.15) is 0 Å². The topological polar surface area (TPSA) is 63.3 Å². The van der Waals surface area contributed by atoms with E-state index in [1.807, 2.05) is 0 Å². The lowest BCUT2D eigenvalue weighted by Gasteiger charge is -2.17. The highest BCUT2D eigenvalue weighted by atomic mass is 19.1. The Hall–Kier alpha value is -0.640. The van der Waals surface area contributed by atoms with Gasteiger partial charge in [0.2, 0.25) is 0 Å². The van der Waals surface area contributed by atoms with Crippen molar-refractivity contribution in [2.24, 2.45) is 17.6 Å². The van der Waals surface area contributed by atoms with Gasteiger partial charge in [0, 0.05) is 6.42 Å². The van der Waals surface area contributed by atoms with Crippen LogP contribution in [0.25, 0.3) is 0 Å². The first kappa shape index (κ1) is 14.4. The highest BCUT2D eigenvalue weighted by Crippen LogP contribution is 2.19. The van der Waals surface area contributed by atoms with Crippen LogP contribution in [0, 0.1) is 11.8 Å². The van der Waals surface area contributed by atoms with Gasteiger partial charge in [0.05, 0.1) is 6.67 Å². The molecule has 0 aliphatic carbocycles. The number of rotatable bonds is 9. The molecule has 0 aromatic carbocycles. The van der Waals surface area contributed by atoms with Gasteiger partial charge in [0.15, 0.2) is 0 Å². The third-order valence-corrected chi connectivity index (χ3v) is 2.61. The largest absolute Gasteiger partial charge is 0.481 e. The number of halogens is 1. The Morgan fingerprint density at radius 1 is 1.47 bits per heavy atom. The summed E-state index contributed by atoms with van der Waals surface area (Å²) in [5, 5.41) is 8.64. The van der Waals surface area contributed by atoms with E-state index in [0.717, 1.165) is 19.3 Å². The molecule has 4 heteroatoms.